The van der Waals surface area contributed by atoms with Crippen LogP contribution >= 0.6 is 0 Å². The average Bonchev–Trinajstić information content (AvgIpc) is 2.38. The van der Waals surface area contributed by atoms with E-state index < -0.39 is 5.97 Å². The summed E-state index contributed by atoms with van der Waals surface area (Å²) in [6.45, 7) is 5.11. The molecule has 0 bridgehead atoms. The summed E-state index contributed by atoms with van der Waals surface area (Å²) in [5.74, 6) is -0.659. The Bertz CT molecular complexity index is 173. The summed E-state index contributed by atoms with van der Waals surface area (Å²) >= 11 is 0. The third kappa shape index (κ3) is 26.8. The van der Waals surface area contributed by atoms with Gasteiger partial charge in [0.2, 0.25) is 0 Å². The number of hydrogen-bond acceptors (Lipinski definition) is 3. The van der Waals surface area contributed by atoms with Crippen LogP contribution in [-0.4, -0.2) is 29.5 Å². The molecule has 0 aromatic carbocycles. The van der Waals surface area contributed by atoms with Gasteiger partial charge in [-0.15, -0.1) is 0 Å². The van der Waals surface area contributed by atoms with Crippen molar-refractivity contribution < 1.29 is 15.0 Å². The quantitative estimate of drug-likeness (QED) is 0.376. The monoisotopic (exact) mass is 275 g/mol. The lowest BCUT2D eigenvalue weighted by molar-refractivity contribution is -0.137. The SMILES string of the molecule is CCCCCCCCCCCC(=O)O.CCNCO. The highest BCUT2D eigenvalue weighted by molar-refractivity contribution is 5.66. The zero-order valence-corrected chi connectivity index (χ0v) is 12.8. The van der Waals surface area contributed by atoms with E-state index in [9.17, 15) is 4.79 Å². The summed E-state index contributed by atoms with van der Waals surface area (Å²) < 4.78 is 0. The van der Waals surface area contributed by atoms with E-state index in [4.69, 9.17) is 10.2 Å². The van der Waals surface area contributed by atoms with E-state index in [1.807, 2.05) is 6.92 Å². The van der Waals surface area contributed by atoms with Gasteiger partial charge in [0.1, 0.15) is 0 Å². The van der Waals surface area contributed by atoms with Gasteiger partial charge in [0.05, 0.1) is 6.73 Å². The number of carboxylic acid groups (broad SMARTS) is 1. The second-order valence-corrected chi connectivity index (χ2v) is 4.73. The van der Waals surface area contributed by atoms with Gasteiger partial charge in [0.25, 0.3) is 0 Å². The molecule has 0 amide bonds. The molecule has 0 atom stereocenters. The van der Waals surface area contributed by atoms with Crippen molar-refractivity contribution in [3.63, 3.8) is 0 Å². The number of carbonyl (C=O) groups is 1. The number of unbranched alkanes of at least 4 members (excludes halogenated alkanes) is 8. The second-order valence-electron chi connectivity index (χ2n) is 4.73. The molecule has 0 saturated carbocycles. The Morgan fingerprint density at radius 3 is 1.68 bits per heavy atom. The molecule has 0 aliphatic heterocycles. The minimum absolute atomic E-state index is 0.0938. The van der Waals surface area contributed by atoms with Gasteiger partial charge in [-0.25, -0.2) is 0 Å². The fourth-order valence-electron chi connectivity index (χ4n) is 1.70. The van der Waals surface area contributed by atoms with Crippen molar-refractivity contribution in [3.8, 4) is 0 Å². The summed E-state index contributed by atoms with van der Waals surface area (Å²) in [7, 11) is 0. The van der Waals surface area contributed by atoms with E-state index in [2.05, 4.69) is 12.2 Å². The van der Waals surface area contributed by atoms with Crippen LogP contribution in [0.25, 0.3) is 0 Å². The van der Waals surface area contributed by atoms with Crippen molar-refractivity contribution in [2.24, 2.45) is 0 Å². The van der Waals surface area contributed by atoms with Gasteiger partial charge in [0, 0.05) is 6.42 Å². The van der Waals surface area contributed by atoms with E-state index in [1.165, 1.54) is 44.9 Å². The Balaban J connectivity index is 0. The van der Waals surface area contributed by atoms with Crippen LogP contribution in [0.4, 0.5) is 0 Å². The summed E-state index contributed by atoms with van der Waals surface area (Å²) in [6.07, 6.45) is 11.5. The van der Waals surface area contributed by atoms with Crippen molar-refractivity contribution in [3.05, 3.63) is 0 Å². The molecular formula is C15H33NO3. The number of carboxylic acids is 1. The molecule has 4 nitrogen and oxygen atoms in total. The number of hydrogen-bond donors (Lipinski definition) is 3. The Labute approximate surface area is 118 Å². The molecule has 19 heavy (non-hydrogen) atoms. The normalized spacial score (nSPS) is 9.84. The fraction of sp³-hybridized carbons (Fsp3) is 0.933. The standard InChI is InChI=1S/C12H24O2.C3H9NO/c1-2-3-4-5-6-7-8-9-10-11-12(13)14;1-2-4-3-5/h2-11H2,1H3,(H,13,14);4-5H,2-3H2,1H3. The molecule has 116 valence electrons. The molecule has 3 N–H and O–H groups in total. The first-order valence-corrected chi connectivity index (χ1v) is 7.72. The first-order valence-electron chi connectivity index (χ1n) is 7.72. The van der Waals surface area contributed by atoms with Crippen LogP contribution in [0, 0.1) is 0 Å². The Hall–Kier alpha value is -0.610. The zero-order valence-electron chi connectivity index (χ0n) is 12.8. The smallest absolute Gasteiger partial charge is 0.303 e. The third-order valence-electron chi connectivity index (χ3n) is 2.86. The number of aliphatic carboxylic acids is 1. The molecule has 0 rings (SSSR count). The molecule has 0 aromatic heterocycles. The number of rotatable bonds is 12. The minimum atomic E-state index is -0.659. The van der Waals surface area contributed by atoms with Gasteiger partial charge in [-0.1, -0.05) is 65.2 Å². The van der Waals surface area contributed by atoms with Gasteiger partial charge in [0.15, 0.2) is 0 Å². The summed E-state index contributed by atoms with van der Waals surface area (Å²) in [5.41, 5.74) is 0. The van der Waals surface area contributed by atoms with Crippen LogP contribution in [0.3, 0.4) is 0 Å². The van der Waals surface area contributed by atoms with E-state index in [0.29, 0.717) is 6.42 Å². The van der Waals surface area contributed by atoms with E-state index in [-0.39, 0.29) is 6.73 Å². The molecule has 0 aliphatic rings. The molecule has 0 saturated heterocycles. The van der Waals surface area contributed by atoms with E-state index in [0.717, 1.165) is 19.4 Å². The highest BCUT2D eigenvalue weighted by Crippen LogP contribution is 2.10. The van der Waals surface area contributed by atoms with Crippen molar-refractivity contribution in [2.45, 2.75) is 78.1 Å². The molecule has 0 aliphatic carbocycles. The lowest BCUT2D eigenvalue weighted by Gasteiger charge is -2.00. The Kier molecular flexibility index (Phi) is 21.5. The molecule has 0 heterocycles. The summed E-state index contributed by atoms with van der Waals surface area (Å²) in [5, 5.41) is 19.0. The number of aliphatic hydroxyl groups is 1. The van der Waals surface area contributed by atoms with Crippen LogP contribution in [-0.2, 0) is 4.79 Å². The number of aliphatic hydroxyl groups excluding tert-OH is 1. The van der Waals surface area contributed by atoms with Gasteiger partial charge in [-0.05, 0) is 13.0 Å². The van der Waals surface area contributed by atoms with Crippen LogP contribution < -0.4 is 5.32 Å². The van der Waals surface area contributed by atoms with Crippen LogP contribution in [0.2, 0.25) is 0 Å². The van der Waals surface area contributed by atoms with Crippen LogP contribution in [0.15, 0.2) is 0 Å². The maximum atomic E-state index is 10.2. The maximum Gasteiger partial charge on any atom is 0.303 e. The molecule has 0 unspecified atom stereocenters. The number of nitrogens with one attached hydrogen (secondary N) is 1. The first kappa shape index (κ1) is 20.7. The molecule has 0 spiro atoms. The molecular weight excluding hydrogens is 242 g/mol. The molecule has 0 fully saturated rings. The van der Waals surface area contributed by atoms with Gasteiger partial charge in [-0.2, -0.15) is 0 Å². The van der Waals surface area contributed by atoms with Gasteiger partial charge in [-0.3, -0.25) is 10.1 Å². The minimum Gasteiger partial charge on any atom is -0.481 e. The van der Waals surface area contributed by atoms with Crippen molar-refractivity contribution in [1.82, 2.24) is 5.32 Å². The Morgan fingerprint density at radius 1 is 0.895 bits per heavy atom. The van der Waals surface area contributed by atoms with Gasteiger partial charge < -0.3 is 10.2 Å². The van der Waals surface area contributed by atoms with Crippen molar-refractivity contribution >= 4 is 5.97 Å². The largest absolute Gasteiger partial charge is 0.481 e. The second kappa shape index (κ2) is 19.7. The first-order chi connectivity index (χ1) is 9.18. The molecule has 0 radical (unpaired) electrons. The highest BCUT2D eigenvalue weighted by atomic mass is 16.4. The zero-order chi connectivity index (χ0) is 14.8. The maximum absolute atomic E-state index is 10.2. The van der Waals surface area contributed by atoms with Gasteiger partial charge >= 0.3 is 5.97 Å². The lowest BCUT2D eigenvalue weighted by atomic mass is 10.1. The lowest BCUT2D eigenvalue weighted by Crippen LogP contribution is -2.12. The van der Waals surface area contributed by atoms with Crippen LogP contribution in [0.5, 0.6) is 0 Å². The Morgan fingerprint density at radius 2 is 1.37 bits per heavy atom. The highest BCUT2D eigenvalue weighted by Gasteiger charge is 1.96. The van der Waals surface area contributed by atoms with Crippen molar-refractivity contribution in [1.29, 1.82) is 0 Å². The topological polar surface area (TPSA) is 69.6 Å². The third-order valence-corrected chi connectivity index (χ3v) is 2.86. The molecule has 4 heteroatoms. The average molecular weight is 275 g/mol. The van der Waals surface area contributed by atoms with E-state index >= 15 is 0 Å². The summed E-state index contributed by atoms with van der Waals surface area (Å²) in [6, 6.07) is 0. The van der Waals surface area contributed by atoms with Crippen molar-refractivity contribution in [2.75, 3.05) is 13.3 Å². The predicted molar refractivity (Wildman–Crippen MR) is 80.2 cm³/mol. The fourth-order valence-corrected chi connectivity index (χ4v) is 1.70. The van der Waals surface area contributed by atoms with Crippen LogP contribution in [0.1, 0.15) is 78.1 Å². The van der Waals surface area contributed by atoms with E-state index in [1.54, 1.807) is 0 Å². The molecule has 0 aromatic rings. The predicted octanol–water partition coefficient (Wildman–Crippen LogP) is 3.54. The summed E-state index contributed by atoms with van der Waals surface area (Å²) in [4.78, 5) is 10.2.